The first-order chi connectivity index (χ1) is 23.9. The van der Waals surface area contributed by atoms with E-state index in [1.807, 2.05) is 63.2 Å². The molecule has 3 aromatic rings. The topological polar surface area (TPSA) is 132 Å². The van der Waals surface area contributed by atoms with Crippen LogP contribution in [0, 0.1) is 30.5 Å². The molecule has 0 bridgehead atoms. The van der Waals surface area contributed by atoms with Gasteiger partial charge in [-0.15, -0.1) is 0 Å². The minimum atomic E-state index is -1.41. The molecule has 0 saturated carbocycles. The number of ether oxygens (including phenoxy) is 3. The van der Waals surface area contributed by atoms with Crippen molar-refractivity contribution >= 4 is 16.9 Å². The third-order valence-corrected chi connectivity index (χ3v) is 10.1. The summed E-state index contributed by atoms with van der Waals surface area (Å²) in [4.78, 5) is 14.3. The first kappa shape index (κ1) is 41.2. The van der Waals surface area contributed by atoms with Gasteiger partial charge in [-0.05, 0) is 66.6 Å². The highest BCUT2D eigenvalue weighted by Gasteiger charge is 2.30. The van der Waals surface area contributed by atoms with Crippen molar-refractivity contribution in [2.24, 2.45) is 23.5 Å². The summed E-state index contributed by atoms with van der Waals surface area (Å²) in [7, 11) is 0.233. The average Bonchev–Trinajstić information content (AvgIpc) is 3.10. The van der Waals surface area contributed by atoms with Gasteiger partial charge in [0.2, 0.25) is 5.91 Å². The normalized spacial score (nSPS) is 15.2. The fraction of sp³-hybridized carbons (Fsp3) is 0.513. The molecular formula is C39H56FN3O6S. The van der Waals surface area contributed by atoms with Gasteiger partial charge in [0.1, 0.15) is 22.6 Å². The van der Waals surface area contributed by atoms with Crippen LogP contribution in [0.2, 0.25) is 0 Å². The van der Waals surface area contributed by atoms with Gasteiger partial charge in [0.25, 0.3) is 0 Å². The van der Waals surface area contributed by atoms with Gasteiger partial charge >= 0.3 is 0 Å². The Kier molecular flexibility index (Phi) is 17.5. The second-order valence-electron chi connectivity index (χ2n) is 13.3. The van der Waals surface area contributed by atoms with E-state index in [-0.39, 0.29) is 49.2 Å². The van der Waals surface area contributed by atoms with E-state index in [1.165, 1.54) is 12.1 Å². The zero-order chi connectivity index (χ0) is 36.6. The molecule has 0 aliphatic rings. The van der Waals surface area contributed by atoms with Crippen LogP contribution < -0.4 is 20.5 Å². The minimum absolute atomic E-state index is 0.0491. The molecule has 3 aromatic carbocycles. The Morgan fingerprint density at radius 2 is 1.72 bits per heavy atom. The monoisotopic (exact) mass is 713 g/mol. The standard InChI is InChI=1S/C39H56FN3O6S/c1-7-28(5)36(23-42-50(46)32-16-9-27(4)10-17-32)43-39(45)34(26(2)3)22-37(44)35(41)25-48-24-29-11-18-33(30-12-14-31(40)15-13-30)38(21-29)49-20-8-19-47-6/h9-18,21,26,28,34-37,42,44H,7-8,19-20,22-25,41H2,1-6H3,(H,43,45)/t28-,34-,35-,36+,37-,50?/m0/s1. The van der Waals surface area contributed by atoms with Crippen LogP contribution in [0.1, 0.15) is 58.1 Å². The number of nitrogens with one attached hydrogen (secondary N) is 2. The summed E-state index contributed by atoms with van der Waals surface area (Å²) in [6, 6.07) is 18.5. The lowest BCUT2D eigenvalue weighted by molar-refractivity contribution is -0.128. The summed E-state index contributed by atoms with van der Waals surface area (Å²) in [5.74, 6) is -0.225. The van der Waals surface area contributed by atoms with Crippen molar-refractivity contribution in [3.8, 4) is 16.9 Å². The van der Waals surface area contributed by atoms with E-state index in [2.05, 4.69) is 23.9 Å². The van der Waals surface area contributed by atoms with Crippen molar-refractivity contribution in [3.05, 3.63) is 83.7 Å². The second kappa shape index (κ2) is 21.2. The van der Waals surface area contributed by atoms with E-state index in [0.717, 1.165) is 28.7 Å². The Morgan fingerprint density at radius 3 is 2.36 bits per heavy atom. The largest absolute Gasteiger partial charge is 0.493 e. The first-order valence-electron chi connectivity index (χ1n) is 17.5. The second-order valence-corrected chi connectivity index (χ2v) is 14.6. The predicted molar refractivity (Wildman–Crippen MR) is 197 cm³/mol. The quantitative estimate of drug-likeness (QED) is 0.0950. The van der Waals surface area contributed by atoms with Crippen molar-refractivity contribution in [2.75, 3.05) is 33.5 Å². The molecule has 0 radical (unpaired) electrons. The molecule has 0 aliphatic heterocycles. The molecule has 9 nitrogen and oxygen atoms in total. The van der Waals surface area contributed by atoms with Crippen LogP contribution in [-0.2, 0) is 31.9 Å². The van der Waals surface area contributed by atoms with E-state index in [1.54, 1.807) is 19.2 Å². The lowest BCUT2D eigenvalue weighted by Crippen LogP contribution is -2.50. The number of aliphatic hydroxyl groups excluding tert-OH is 1. The molecule has 0 fully saturated rings. The Labute approximate surface area is 300 Å². The first-order valence-corrected chi connectivity index (χ1v) is 18.6. The lowest BCUT2D eigenvalue weighted by atomic mass is 9.86. The number of halogens is 1. The maximum absolute atomic E-state index is 13.6. The zero-order valence-corrected chi connectivity index (χ0v) is 31.1. The number of aryl methyl sites for hydroxylation is 1. The number of benzene rings is 3. The van der Waals surface area contributed by atoms with E-state index in [9.17, 15) is 18.5 Å². The van der Waals surface area contributed by atoms with Crippen LogP contribution in [0.3, 0.4) is 0 Å². The van der Waals surface area contributed by atoms with Crippen molar-refractivity contribution in [2.45, 2.75) is 83.6 Å². The van der Waals surface area contributed by atoms with Crippen molar-refractivity contribution in [1.82, 2.24) is 10.0 Å². The summed E-state index contributed by atoms with van der Waals surface area (Å²) in [5, 5.41) is 14.2. The number of aliphatic hydroxyl groups is 1. The highest BCUT2D eigenvalue weighted by molar-refractivity contribution is 7.83. The molecule has 0 aliphatic carbocycles. The lowest BCUT2D eigenvalue weighted by Gasteiger charge is -2.30. The summed E-state index contributed by atoms with van der Waals surface area (Å²) in [6.45, 7) is 11.7. The Hall–Kier alpha value is -3.19. The van der Waals surface area contributed by atoms with Gasteiger partial charge in [0.15, 0.2) is 0 Å². The van der Waals surface area contributed by atoms with E-state index >= 15 is 0 Å². The minimum Gasteiger partial charge on any atom is -0.493 e. The fourth-order valence-corrected chi connectivity index (χ4v) is 6.33. The van der Waals surface area contributed by atoms with Gasteiger partial charge in [-0.25, -0.2) is 13.3 Å². The van der Waals surface area contributed by atoms with Crippen LogP contribution in [0.15, 0.2) is 71.6 Å². The van der Waals surface area contributed by atoms with Crippen LogP contribution in [0.25, 0.3) is 11.1 Å². The number of carbonyl (C=O) groups excluding carboxylic acids is 1. The zero-order valence-electron chi connectivity index (χ0n) is 30.3. The molecule has 1 unspecified atom stereocenters. The van der Waals surface area contributed by atoms with Gasteiger partial charge < -0.3 is 30.4 Å². The van der Waals surface area contributed by atoms with Gasteiger partial charge in [0, 0.05) is 44.2 Å². The third kappa shape index (κ3) is 13.2. The summed E-state index contributed by atoms with van der Waals surface area (Å²) in [5.41, 5.74) is 9.98. The number of hydrogen-bond acceptors (Lipinski definition) is 7. The molecule has 276 valence electrons. The number of carbonyl (C=O) groups is 1. The maximum Gasteiger partial charge on any atom is 0.223 e. The van der Waals surface area contributed by atoms with Crippen molar-refractivity contribution in [3.63, 3.8) is 0 Å². The highest BCUT2D eigenvalue weighted by atomic mass is 32.2. The number of rotatable bonds is 22. The molecule has 5 N–H and O–H groups in total. The Morgan fingerprint density at radius 1 is 1.02 bits per heavy atom. The number of hydrogen-bond donors (Lipinski definition) is 4. The SMILES string of the molecule is CC[C@H](C)[C@@H](CNS(=O)c1ccc(C)cc1)NC(=O)[C@@H](C[C@H](O)[C@@H](N)COCc1ccc(-c2ccc(F)cc2)c(OCCCOC)c1)C(C)C. The molecule has 1 amide bonds. The fourth-order valence-electron chi connectivity index (χ4n) is 5.45. The molecule has 11 heteroatoms. The van der Waals surface area contributed by atoms with Gasteiger partial charge in [-0.2, -0.15) is 0 Å². The van der Waals surface area contributed by atoms with Crippen LogP contribution in [-0.4, -0.2) is 66.9 Å². The van der Waals surface area contributed by atoms with Crippen LogP contribution in [0.4, 0.5) is 4.39 Å². The van der Waals surface area contributed by atoms with E-state index in [4.69, 9.17) is 19.9 Å². The molecule has 0 spiro atoms. The van der Waals surface area contributed by atoms with E-state index in [0.29, 0.717) is 36.8 Å². The molecular weight excluding hydrogens is 658 g/mol. The smallest absolute Gasteiger partial charge is 0.223 e. The molecule has 6 atom stereocenters. The Bertz CT molecular complexity index is 1470. The average molecular weight is 714 g/mol. The van der Waals surface area contributed by atoms with Crippen molar-refractivity contribution in [1.29, 1.82) is 0 Å². The molecule has 3 rings (SSSR count). The molecule has 0 aromatic heterocycles. The van der Waals surface area contributed by atoms with E-state index < -0.39 is 29.0 Å². The Balaban J connectivity index is 1.57. The van der Waals surface area contributed by atoms with Gasteiger partial charge in [0.05, 0.1) is 36.9 Å². The number of methoxy groups -OCH3 is 1. The highest BCUT2D eigenvalue weighted by Crippen LogP contribution is 2.32. The van der Waals surface area contributed by atoms with Crippen LogP contribution >= 0.6 is 0 Å². The molecule has 50 heavy (non-hydrogen) atoms. The summed E-state index contributed by atoms with van der Waals surface area (Å²) >= 11 is 0. The summed E-state index contributed by atoms with van der Waals surface area (Å²) in [6.07, 6.45) is 0.752. The van der Waals surface area contributed by atoms with Crippen LogP contribution in [0.5, 0.6) is 5.75 Å². The van der Waals surface area contributed by atoms with Gasteiger partial charge in [-0.3, -0.25) is 4.79 Å². The predicted octanol–water partition coefficient (Wildman–Crippen LogP) is 5.93. The van der Waals surface area contributed by atoms with Crippen molar-refractivity contribution < 1.29 is 32.7 Å². The third-order valence-electron chi connectivity index (χ3n) is 8.99. The number of nitrogens with two attached hydrogens (primary N) is 1. The molecule has 0 heterocycles. The molecule has 0 saturated heterocycles. The van der Waals surface area contributed by atoms with Gasteiger partial charge in [-0.1, -0.05) is 76.1 Å². The number of amides is 1. The summed E-state index contributed by atoms with van der Waals surface area (Å²) < 4.78 is 46.6. The maximum atomic E-state index is 13.6.